The van der Waals surface area contributed by atoms with Gasteiger partial charge in [0.2, 0.25) is 20.0 Å². The van der Waals surface area contributed by atoms with Gasteiger partial charge in [-0.25, -0.2) is 25.9 Å². The molecule has 2 fully saturated rings. The second-order valence-electron chi connectivity index (χ2n) is 6.99. The summed E-state index contributed by atoms with van der Waals surface area (Å²) >= 11 is 0. The molecule has 25 heavy (non-hydrogen) atoms. The summed E-state index contributed by atoms with van der Waals surface area (Å²) in [7, 11) is -6.95. The van der Waals surface area contributed by atoms with E-state index in [1.54, 1.807) is 18.2 Å². The highest BCUT2D eigenvalue weighted by Crippen LogP contribution is 2.32. The van der Waals surface area contributed by atoms with Crippen LogP contribution < -0.4 is 4.72 Å². The van der Waals surface area contributed by atoms with Crippen molar-refractivity contribution in [1.29, 1.82) is 0 Å². The summed E-state index contributed by atoms with van der Waals surface area (Å²) in [5, 5.41) is -0.264. The maximum absolute atomic E-state index is 12.7. The summed E-state index contributed by atoms with van der Waals surface area (Å²) in [6.07, 6.45) is 2.74. The maximum Gasteiger partial charge on any atom is 0.240 e. The lowest BCUT2D eigenvalue weighted by molar-refractivity contribution is 0.134. The number of rotatable bonds is 5. The molecule has 7 nitrogen and oxygen atoms in total. The normalized spacial score (nSPS) is 25.0. The lowest BCUT2D eigenvalue weighted by Gasteiger charge is -2.32. The lowest BCUT2D eigenvalue weighted by atomic mass is 10.1. The summed E-state index contributed by atoms with van der Waals surface area (Å²) in [5.41, 5.74) is 1.91. The van der Waals surface area contributed by atoms with Crippen molar-refractivity contribution >= 4 is 20.0 Å². The zero-order valence-electron chi connectivity index (χ0n) is 13.8. The largest absolute Gasteiger partial charge is 0.372 e. The van der Waals surface area contributed by atoms with E-state index in [2.05, 4.69) is 4.72 Å². The van der Waals surface area contributed by atoms with Gasteiger partial charge in [0.1, 0.15) is 0 Å². The second kappa shape index (κ2) is 6.31. The van der Waals surface area contributed by atoms with Gasteiger partial charge in [-0.2, -0.15) is 0 Å². The molecule has 9 heteroatoms. The molecule has 3 aliphatic rings. The van der Waals surface area contributed by atoms with Gasteiger partial charge in [0.05, 0.1) is 23.4 Å². The third-order valence-electron chi connectivity index (χ3n) is 5.01. The van der Waals surface area contributed by atoms with Crippen LogP contribution in [0.1, 0.15) is 36.8 Å². The van der Waals surface area contributed by atoms with E-state index < -0.39 is 26.1 Å². The molecule has 1 saturated heterocycles. The Morgan fingerprint density at radius 3 is 2.56 bits per heavy atom. The van der Waals surface area contributed by atoms with Gasteiger partial charge in [-0.1, -0.05) is 6.07 Å². The molecule has 2 heterocycles. The molecular formula is C16H22N2O5S2. The average Bonchev–Trinajstić information content (AvgIpc) is 3.33. The zero-order chi connectivity index (χ0) is 17.7. The van der Waals surface area contributed by atoms with E-state index in [1.807, 2.05) is 0 Å². The highest BCUT2D eigenvalue weighted by molar-refractivity contribution is 7.90. The van der Waals surface area contributed by atoms with Gasteiger partial charge in [0, 0.05) is 19.1 Å². The fourth-order valence-corrected chi connectivity index (χ4v) is 6.69. The molecular weight excluding hydrogens is 364 g/mol. The molecule has 0 unspecified atom stereocenters. The minimum atomic E-state index is -3.68. The Balaban J connectivity index is 1.49. The van der Waals surface area contributed by atoms with Crippen molar-refractivity contribution < 1.29 is 21.6 Å². The van der Waals surface area contributed by atoms with Crippen LogP contribution >= 0.6 is 0 Å². The fraction of sp³-hybridized carbons (Fsp3) is 0.625. The fourth-order valence-electron chi connectivity index (χ4n) is 3.45. The Kier molecular flexibility index (Phi) is 4.40. The smallest absolute Gasteiger partial charge is 0.240 e. The van der Waals surface area contributed by atoms with Crippen LogP contribution in [0.5, 0.6) is 0 Å². The third kappa shape index (κ3) is 3.48. The van der Waals surface area contributed by atoms with Crippen molar-refractivity contribution in [3.63, 3.8) is 0 Å². The molecule has 0 spiro atoms. The van der Waals surface area contributed by atoms with Crippen molar-refractivity contribution in [1.82, 2.24) is 9.03 Å². The van der Waals surface area contributed by atoms with Crippen LogP contribution in [-0.4, -0.2) is 45.5 Å². The molecule has 1 aliphatic carbocycles. The number of nitrogens with one attached hydrogen (secondary N) is 1. The number of sulfonamides is 2. The number of hydrogen-bond acceptors (Lipinski definition) is 5. The van der Waals surface area contributed by atoms with Crippen molar-refractivity contribution in [2.24, 2.45) is 0 Å². The first-order valence-corrected chi connectivity index (χ1v) is 11.6. The molecule has 1 aromatic carbocycles. The molecule has 0 bridgehead atoms. The van der Waals surface area contributed by atoms with Crippen LogP contribution in [0.4, 0.5) is 0 Å². The molecule has 1 N–H and O–H groups in total. The predicted octanol–water partition coefficient (Wildman–Crippen LogP) is 0.952. The Hall–Kier alpha value is -1.00. The van der Waals surface area contributed by atoms with E-state index in [4.69, 9.17) is 4.74 Å². The van der Waals surface area contributed by atoms with Gasteiger partial charge >= 0.3 is 0 Å². The van der Waals surface area contributed by atoms with Crippen LogP contribution in [0.3, 0.4) is 0 Å². The minimum absolute atomic E-state index is 0.207. The Morgan fingerprint density at radius 1 is 1.04 bits per heavy atom. The van der Waals surface area contributed by atoms with E-state index in [0.29, 0.717) is 45.4 Å². The first-order chi connectivity index (χ1) is 11.9. The van der Waals surface area contributed by atoms with Gasteiger partial charge in [0.15, 0.2) is 0 Å². The van der Waals surface area contributed by atoms with Crippen LogP contribution in [0.2, 0.25) is 0 Å². The van der Waals surface area contributed by atoms with Gasteiger partial charge in [-0.3, -0.25) is 0 Å². The summed E-state index contributed by atoms with van der Waals surface area (Å²) < 4.78 is 59.6. The Morgan fingerprint density at radius 2 is 1.80 bits per heavy atom. The number of hydrogen-bond donors (Lipinski definition) is 1. The van der Waals surface area contributed by atoms with Gasteiger partial charge in [-0.05, 0) is 48.9 Å². The van der Waals surface area contributed by atoms with E-state index in [1.165, 1.54) is 4.31 Å². The van der Waals surface area contributed by atoms with E-state index in [9.17, 15) is 16.8 Å². The molecule has 2 aliphatic heterocycles. The monoisotopic (exact) mass is 386 g/mol. The molecule has 1 saturated carbocycles. The van der Waals surface area contributed by atoms with E-state index in [-0.39, 0.29) is 16.7 Å². The summed E-state index contributed by atoms with van der Waals surface area (Å²) in [4.78, 5) is 0.207. The summed E-state index contributed by atoms with van der Waals surface area (Å²) in [6, 6.07) is 4.61. The lowest BCUT2D eigenvalue weighted by Crippen LogP contribution is -2.50. The molecule has 4 rings (SSSR count). The second-order valence-corrected chi connectivity index (χ2v) is 10.9. The quantitative estimate of drug-likeness (QED) is 0.813. The van der Waals surface area contributed by atoms with E-state index >= 15 is 0 Å². The predicted molar refractivity (Wildman–Crippen MR) is 91.8 cm³/mol. The van der Waals surface area contributed by atoms with Gasteiger partial charge in [0.25, 0.3) is 0 Å². The summed E-state index contributed by atoms with van der Waals surface area (Å²) in [5.74, 6) is 0. The zero-order valence-corrected chi connectivity index (χ0v) is 15.5. The number of ether oxygens (including phenoxy) is 1. The molecule has 0 radical (unpaired) electrons. The number of nitrogens with zero attached hydrogens (tertiary/aromatic N) is 1. The number of piperidine rings is 1. The standard InChI is InChI=1S/C16H22N2O5S2/c19-24(20,16-4-3-12-10-23-11-13(12)8-16)17-14-2-1-7-18(9-14)25(21,22)15-5-6-15/h3-4,8,14-15,17H,1-2,5-7,9-11H2/t14-/m1/s1. The molecule has 0 aromatic heterocycles. The Labute approximate surface area is 148 Å². The molecule has 138 valence electrons. The van der Waals surface area contributed by atoms with Gasteiger partial charge in [-0.15, -0.1) is 0 Å². The van der Waals surface area contributed by atoms with Crippen molar-refractivity contribution in [3.05, 3.63) is 29.3 Å². The first-order valence-electron chi connectivity index (χ1n) is 8.57. The Bertz CT molecular complexity index is 878. The first kappa shape index (κ1) is 17.4. The highest BCUT2D eigenvalue weighted by Gasteiger charge is 2.42. The SMILES string of the molecule is O=S(=O)(N[C@@H]1CCCN(S(=O)(=O)C2CC2)C1)c1ccc2c(c1)COC2. The highest BCUT2D eigenvalue weighted by atomic mass is 32.2. The maximum atomic E-state index is 12.7. The topological polar surface area (TPSA) is 92.8 Å². The molecule has 1 aromatic rings. The minimum Gasteiger partial charge on any atom is -0.372 e. The van der Waals surface area contributed by atoms with Crippen LogP contribution in [0.15, 0.2) is 23.1 Å². The number of fused-ring (bicyclic) bond motifs is 1. The van der Waals surface area contributed by atoms with Crippen LogP contribution in [-0.2, 0) is 38.0 Å². The van der Waals surface area contributed by atoms with Crippen LogP contribution in [0.25, 0.3) is 0 Å². The van der Waals surface area contributed by atoms with Crippen molar-refractivity contribution in [2.45, 2.75) is 55.1 Å². The molecule has 1 atom stereocenters. The van der Waals surface area contributed by atoms with Crippen molar-refractivity contribution in [2.75, 3.05) is 13.1 Å². The molecule has 0 amide bonds. The number of benzene rings is 1. The summed E-state index contributed by atoms with van der Waals surface area (Å²) in [6.45, 7) is 1.63. The third-order valence-corrected chi connectivity index (χ3v) is 8.90. The van der Waals surface area contributed by atoms with Crippen molar-refractivity contribution in [3.8, 4) is 0 Å². The average molecular weight is 386 g/mol. The van der Waals surface area contributed by atoms with Crippen LogP contribution in [0, 0.1) is 0 Å². The van der Waals surface area contributed by atoms with Gasteiger partial charge < -0.3 is 4.74 Å². The van der Waals surface area contributed by atoms with E-state index in [0.717, 1.165) is 11.1 Å².